The van der Waals surface area contributed by atoms with Gasteiger partial charge in [-0.15, -0.1) is 0 Å². The summed E-state index contributed by atoms with van der Waals surface area (Å²) in [5, 5.41) is 0. The van der Waals surface area contributed by atoms with Crippen molar-refractivity contribution in [2.45, 2.75) is 6.92 Å². The smallest absolute Gasteiger partial charge is 0.132 e. The number of aromatic nitrogens is 1. The molecule has 0 atom stereocenters. The van der Waals surface area contributed by atoms with E-state index in [9.17, 15) is 8.78 Å². The van der Waals surface area contributed by atoms with Crippen molar-refractivity contribution >= 4 is 5.57 Å². The fourth-order valence-electron chi connectivity index (χ4n) is 1.95. The molecule has 1 nitrogen and oxygen atoms in total. The Hall–Kier alpha value is -2.55. The average molecular weight is 283 g/mol. The van der Waals surface area contributed by atoms with Crippen LogP contribution in [-0.4, -0.2) is 4.98 Å². The molecule has 2 aromatic rings. The van der Waals surface area contributed by atoms with Crippen molar-refractivity contribution in [3.05, 3.63) is 84.6 Å². The Morgan fingerprint density at radius 1 is 1.14 bits per heavy atom. The van der Waals surface area contributed by atoms with E-state index in [0.717, 1.165) is 17.2 Å². The lowest BCUT2D eigenvalue weighted by molar-refractivity contribution is 0.630. The summed E-state index contributed by atoms with van der Waals surface area (Å²) in [6.07, 6.45) is 5.68. The summed E-state index contributed by atoms with van der Waals surface area (Å²) in [4.78, 5) is 4.26. The van der Waals surface area contributed by atoms with Crippen LogP contribution >= 0.6 is 0 Å². The van der Waals surface area contributed by atoms with Crippen molar-refractivity contribution in [1.82, 2.24) is 4.98 Å². The highest BCUT2D eigenvalue weighted by molar-refractivity contribution is 5.78. The molecule has 1 aromatic heterocycles. The second-order valence-electron chi connectivity index (χ2n) is 4.48. The molecular formula is C18H15F2N. The molecule has 1 aromatic carbocycles. The predicted octanol–water partition coefficient (Wildman–Crippen LogP) is 5.33. The number of hydrogen-bond donors (Lipinski definition) is 0. The third-order valence-electron chi connectivity index (χ3n) is 3.05. The van der Waals surface area contributed by atoms with E-state index in [1.807, 2.05) is 13.0 Å². The minimum Gasteiger partial charge on any atom is -0.256 e. The molecule has 0 spiro atoms. The Morgan fingerprint density at radius 3 is 2.62 bits per heavy atom. The number of benzene rings is 1. The van der Waals surface area contributed by atoms with Crippen LogP contribution in [0.1, 0.15) is 12.5 Å². The monoisotopic (exact) mass is 283 g/mol. The molecular weight excluding hydrogens is 268 g/mol. The number of nitrogens with zero attached hydrogens (tertiary/aromatic N) is 1. The fraction of sp³-hybridized carbons (Fsp3) is 0.0556. The first-order valence-electron chi connectivity index (χ1n) is 6.50. The standard InChI is InChI=1S/C18H15F2N/c1-3-14(19)11-10-13(2)15-8-6-12-21-18(15)16-7-4-5-9-17(16)20/h3-12H,1H2,2H3/b13-10+,14-11+. The van der Waals surface area contributed by atoms with Crippen molar-refractivity contribution in [3.63, 3.8) is 0 Å². The van der Waals surface area contributed by atoms with Gasteiger partial charge in [0.15, 0.2) is 0 Å². The van der Waals surface area contributed by atoms with Gasteiger partial charge in [0.25, 0.3) is 0 Å². The van der Waals surface area contributed by atoms with E-state index in [-0.39, 0.29) is 5.82 Å². The van der Waals surface area contributed by atoms with E-state index in [1.54, 1.807) is 36.5 Å². The van der Waals surface area contributed by atoms with Gasteiger partial charge >= 0.3 is 0 Å². The van der Waals surface area contributed by atoms with Gasteiger partial charge in [0.05, 0.1) is 5.69 Å². The molecule has 0 N–H and O–H groups in total. The van der Waals surface area contributed by atoms with Crippen LogP contribution < -0.4 is 0 Å². The maximum Gasteiger partial charge on any atom is 0.132 e. The molecule has 0 radical (unpaired) electrons. The first-order valence-corrected chi connectivity index (χ1v) is 6.50. The first kappa shape index (κ1) is 14.9. The maximum atomic E-state index is 13.9. The Labute approximate surface area is 123 Å². The third-order valence-corrected chi connectivity index (χ3v) is 3.05. The lowest BCUT2D eigenvalue weighted by Gasteiger charge is -2.09. The van der Waals surface area contributed by atoms with Crippen molar-refractivity contribution in [3.8, 4) is 11.3 Å². The quantitative estimate of drug-likeness (QED) is 0.691. The Kier molecular flexibility index (Phi) is 4.77. The minimum absolute atomic E-state index is 0.335. The molecule has 0 saturated carbocycles. The van der Waals surface area contributed by atoms with Gasteiger partial charge in [-0.25, -0.2) is 8.78 Å². The van der Waals surface area contributed by atoms with Gasteiger partial charge < -0.3 is 0 Å². The number of allylic oxidation sites excluding steroid dienone is 5. The normalized spacial score (nSPS) is 12.3. The van der Waals surface area contributed by atoms with Crippen LogP contribution in [0.2, 0.25) is 0 Å². The number of halogens is 2. The summed E-state index contributed by atoms with van der Waals surface area (Å²) >= 11 is 0. The van der Waals surface area contributed by atoms with Crippen LogP contribution in [0, 0.1) is 5.82 Å². The molecule has 0 fully saturated rings. The molecule has 0 bridgehead atoms. The van der Waals surface area contributed by atoms with Gasteiger partial charge in [-0.2, -0.15) is 0 Å². The SMILES string of the molecule is C=C/C(F)=C\C=C(/C)c1cccnc1-c1ccccc1F. The highest BCUT2D eigenvalue weighted by Gasteiger charge is 2.11. The molecule has 2 rings (SSSR count). The zero-order valence-corrected chi connectivity index (χ0v) is 11.7. The summed E-state index contributed by atoms with van der Waals surface area (Å²) in [5.41, 5.74) is 2.51. The van der Waals surface area contributed by atoms with E-state index in [4.69, 9.17) is 0 Å². The Morgan fingerprint density at radius 2 is 1.90 bits per heavy atom. The van der Waals surface area contributed by atoms with E-state index in [1.165, 1.54) is 12.1 Å². The minimum atomic E-state index is -0.425. The van der Waals surface area contributed by atoms with Crippen LogP contribution in [0.4, 0.5) is 8.78 Å². The number of pyridine rings is 1. The largest absolute Gasteiger partial charge is 0.256 e. The van der Waals surface area contributed by atoms with E-state index >= 15 is 0 Å². The topological polar surface area (TPSA) is 12.9 Å². The average Bonchev–Trinajstić information content (AvgIpc) is 2.52. The lowest BCUT2D eigenvalue weighted by Crippen LogP contribution is -1.93. The predicted molar refractivity (Wildman–Crippen MR) is 82.7 cm³/mol. The summed E-state index contributed by atoms with van der Waals surface area (Å²) in [7, 11) is 0. The van der Waals surface area contributed by atoms with Crippen LogP contribution in [-0.2, 0) is 0 Å². The Balaban J connectivity index is 2.52. The molecule has 0 saturated heterocycles. The molecule has 1 heterocycles. The number of hydrogen-bond acceptors (Lipinski definition) is 1. The highest BCUT2D eigenvalue weighted by Crippen LogP contribution is 2.28. The van der Waals surface area contributed by atoms with Crippen molar-refractivity contribution < 1.29 is 8.78 Å². The molecule has 0 aliphatic carbocycles. The van der Waals surface area contributed by atoms with Gasteiger partial charge in [-0.3, -0.25) is 4.98 Å². The van der Waals surface area contributed by atoms with Crippen LogP contribution in [0.25, 0.3) is 16.8 Å². The summed E-state index contributed by atoms with van der Waals surface area (Å²) in [6.45, 7) is 5.18. The molecule has 0 aliphatic heterocycles. The molecule has 0 amide bonds. The van der Waals surface area contributed by atoms with Gasteiger partial charge in [-0.05, 0) is 42.8 Å². The van der Waals surface area contributed by atoms with E-state index in [0.29, 0.717) is 11.3 Å². The lowest BCUT2D eigenvalue weighted by atomic mass is 9.99. The fourth-order valence-corrected chi connectivity index (χ4v) is 1.95. The maximum absolute atomic E-state index is 13.9. The van der Waals surface area contributed by atoms with Crippen molar-refractivity contribution in [2.24, 2.45) is 0 Å². The summed E-state index contributed by atoms with van der Waals surface area (Å²) < 4.78 is 27.1. The van der Waals surface area contributed by atoms with E-state index < -0.39 is 5.83 Å². The van der Waals surface area contributed by atoms with Gasteiger partial charge in [-0.1, -0.05) is 30.9 Å². The zero-order chi connectivity index (χ0) is 15.2. The van der Waals surface area contributed by atoms with Gasteiger partial charge in [0.1, 0.15) is 11.6 Å². The zero-order valence-electron chi connectivity index (χ0n) is 11.7. The van der Waals surface area contributed by atoms with Crippen molar-refractivity contribution in [1.29, 1.82) is 0 Å². The summed E-state index contributed by atoms with van der Waals surface area (Å²) in [5.74, 6) is -0.760. The molecule has 0 unspecified atom stereocenters. The molecule has 106 valence electrons. The van der Waals surface area contributed by atoms with Crippen LogP contribution in [0.5, 0.6) is 0 Å². The summed E-state index contributed by atoms with van der Waals surface area (Å²) in [6, 6.07) is 10.1. The molecule has 0 aliphatic rings. The number of rotatable bonds is 4. The van der Waals surface area contributed by atoms with Gasteiger partial charge in [0, 0.05) is 17.3 Å². The van der Waals surface area contributed by atoms with Gasteiger partial charge in [0.2, 0.25) is 0 Å². The second kappa shape index (κ2) is 6.75. The van der Waals surface area contributed by atoms with Crippen molar-refractivity contribution in [2.75, 3.05) is 0 Å². The van der Waals surface area contributed by atoms with Crippen LogP contribution in [0.15, 0.2) is 73.2 Å². The second-order valence-corrected chi connectivity index (χ2v) is 4.48. The van der Waals surface area contributed by atoms with Crippen LogP contribution in [0.3, 0.4) is 0 Å². The Bertz CT molecular complexity index is 715. The highest BCUT2D eigenvalue weighted by atomic mass is 19.1. The molecule has 3 heteroatoms. The third kappa shape index (κ3) is 3.51. The molecule has 21 heavy (non-hydrogen) atoms. The van der Waals surface area contributed by atoms with E-state index in [2.05, 4.69) is 11.6 Å². The first-order chi connectivity index (χ1) is 10.1.